The van der Waals surface area contributed by atoms with Gasteiger partial charge in [-0.1, -0.05) is 12.1 Å². The molecule has 6 heteroatoms. The molecule has 2 nitrogen and oxygen atoms in total. The largest absolute Gasteiger partial charge is 0.418 e. The fraction of sp³-hybridized carbons (Fsp3) is 0.214. The summed E-state index contributed by atoms with van der Waals surface area (Å²) in [6.07, 6.45) is -1.99. The first kappa shape index (κ1) is 14.3. The van der Waals surface area contributed by atoms with Gasteiger partial charge >= 0.3 is 6.18 Å². The Balaban J connectivity index is 2.26. The van der Waals surface area contributed by atoms with Crippen LogP contribution in [0.15, 0.2) is 42.7 Å². The zero-order valence-electron chi connectivity index (χ0n) is 10.6. The van der Waals surface area contributed by atoms with Gasteiger partial charge in [0, 0.05) is 11.9 Å². The molecule has 0 aliphatic rings. The number of nitrogens with one attached hydrogen (secondary N) is 1. The van der Waals surface area contributed by atoms with Gasteiger partial charge in [-0.15, -0.1) is 0 Å². The molecule has 1 atom stereocenters. The van der Waals surface area contributed by atoms with Crippen LogP contribution in [0.3, 0.4) is 0 Å². The van der Waals surface area contributed by atoms with Crippen molar-refractivity contribution in [2.45, 2.75) is 19.1 Å². The number of benzene rings is 1. The van der Waals surface area contributed by atoms with Gasteiger partial charge in [0.05, 0.1) is 17.8 Å². The SMILES string of the molecule is CC(Nc1ccccc1C(F)(F)F)c1cncc(F)c1. The molecule has 0 aliphatic heterocycles. The molecule has 1 unspecified atom stereocenters. The maximum Gasteiger partial charge on any atom is 0.418 e. The number of rotatable bonds is 3. The standard InChI is InChI=1S/C14H12F4N2/c1-9(10-6-11(15)8-19-7-10)20-13-5-3-2-4-12(13)14(16,17)18/h2-9,20H,1H3. The highest BCUT2D eigenvalue weighted by Crippen LogP contribution is 2.35. The molecular formula is C14H12F4N2. The van der Waals surface area contributed by atoms with E-state index < -0.39 is 23.6 Å². The van der Waals surface area contributed by atoms with E-state index in [1.165, 1.54) is 30.5 Å². The molecule has 20 heavy (non-hydrogen) atoms. The van der Waals surface area contributed by atoms with E-state index in [4.69, 9.17) is 0 Å². The Morgan fingerprint density at radius 1 is 1.15 bits per heavy atom. The molecule has 0 bridgehead atoms. The summed E-state index contributed by atoms with van der Waals surface area (Å²) in [5.41, 5.74) is -0.324. The Hall–Kier alpha value is -2.11. The van der Waals surface area contributed by atoms with Crippen LogP contribution in [0, 0.1) is 5.82 Å². The third-order valence-electron chi connectivity index (χ3n) is 2.83. The van der Waals surface area contributed by atoms with E-state index in [9.17, 15) is 17.6 Å². The highest BCUT2D eigenvalue weighted by atomic mass is 19.4. The molecule has 106 valence electrons. The highest BCUT2D eigenvalue weighted by Gasteiger charge is 2.33. The zero-order valence-corrected chi connectivity index (χ0v) is 10.6. The number of halogens is 4. The van der Waals surface area contributed by atoms with E-state index in [0.717, 1.165) is 12.3 Å². The van der Waals surface area contributed by atoms with E-state index in [2.05, 4.69) is 10.3 Å². The monoisotopic (exact) mass is 284 g/mol. The second-order valence-corrected chi connectivity index (χ2v) is 4.35. The number of alkyl halides is 3. The van der Waals surface area contributed by atoms with E-state index >= 15 is 0 Å². The summed E-state index contributed by atoms with van der Waals surface area (Å²) in [6, 6.07) is 5.91. The van der Waals surface area contributed by atoms with Gasteiger partial charge in [0.1, 0.15) is 5.82 Å². The Labute approximate surface area is 113 Å². The van der Waals surface area contributed by atoms with Gasteiger partial charge < -0.3 is 5.32 Å². The number of anilines is 1. The number of aromatic nitrogens is 1. The van der Waals surface area contributed by atoms with Crippen LogP contribution in [0.2, 0.25) is 0 Å². The van der Waals surface area contributed by atoms with Crippen molar-refractivity contribution in [3.05, 3.63) is 59.7 Å². The molecule has 1 N–H and O–H groups in total. The Morgan fingerprint density at radius 2 is 1.85 bits per heavy atom. The van der Waals surface area contributed by atoms with Crippen molar-refractivity contribution in [2.24, 2.45) is 0 Å². The summed E-state index contributed by atoms with van der Waals surface area (Å²) in [4.78, 5) is 3.68. The first-order chi connectivity index (χ1) is 9.38. The molecule has 0 fully saturated rings. The van der Waals surface area contributed by atoms with Crippen molar-refractivity contribution in [3.63, 3.8) is 0 Å². The second kappa shape index (κ2) is 5.48. The van der Waals surface area contributed by atoms with E-state index in [1.54, 1.807) is 6.92 Å². The molecule has 1 heterocycles. The average Bonchev–Trinajstić information content (AvgIpc) is 2.38. The van der Waals surface area contributed by atoms with Crippen LogP contribution < -0.4 is 5.32 Å². The van der Waals surface area contributed by atoms with Gasteiger partial charge in [0.15, 0.2) is 0 Å². The molecule has 0 radical (unpaired) electrons. The third kappa shape index (κ3) is 3.26. The number of nitrogens with zero attached hydrogens (tertiary/aromatic N) is 1. The molecule has 0 saturated carbocycles. The van der Waals surface area contributed by atoms with Crippen molar-refractivity contribution in [1.29, 1.82) is 0 Å². The third-order valence-corrected chi connectivity index (χ3v) is 2.83. The molecule has 1 aromatic carbocycles. The topological polar surface area (TPSA) is 24.9 Å². The first-order valence-corrected chi connectivity index (χ1v) is 5.91. The predicted octanol–water partition coefficient (Wildman–Crippen LogP) is 4.41. The van der Waals surface area contributed by atoms with Crippen molar-refractivity contribution in [2.75, 3.05) is 5.32 Å². The van der Waals surface area contributed by atoms with E-state index in [-0.39, 0.29) is 5.69 Å². The summed E-state index contributed by atoms with van der Waals surface area (Å²) in [7, 11) is 0. The van der Waals surface area contributed by atoms with E-state index in [0.29, 0.717) is 5.56 Å². The lowest BCUT2D eigenvalue weighted by Gasteiger charge is -2.19. The van der Waals surface area contributed by atoms with Crippen molar-refractivity contribution < 1.29 is 17.6 Å². The summed E-state index contributed by atoms with van der Waals surface area (Å²) in [5, 5.41) is 2.73. The normalized spacial score (nSPS) is 13.1. The van der Waals surface area contributed by atoms with Crippen molar-refractivity contribution >= 4 is 5.69 Å². The first-order valence-electron chi connectivity index (χ1n) is 5.91. The molecule has 0 saturated heterocycles. The number of pyridine rings is 1. The second-order valence-electron chi connectivity index (χ2n) is 4.35. The average molecular weight is 284 g/mol. The van der Waals surface area contributed by atoms with Gasteiger partial charge in [-0.25, -0.2) is 4.39 Å². The van der Waals surface area contributed by atoms with Crippen LogP contribution in [-0.2, 0) is 6.18 Å². The molecule has 2 aromatic rings. The molecule has 2 rings (SSSR count). The summed E-state index contributed by atoms with van der Waals surface area (Å²) < 4.78 is 51.6. The van der Waals surface area contributed by atoms with Crippen molar-refractivity contribution in [1.82, 2.24) is 4.98 Å². The van der Waals surface area contributed by atoms with E-state index in [1.807, 2.05) is 0 Å². The van der Waals surface area contributed by atoms with Gasteiger partial charge in [0.2, 0.25) is 0 Å². The zero-order chi connectivity index (χ0) is 14.8. The minimum Gasteiger partial charge on any atom is -0.378 e. The van der Waals surface area contributed by atoms with Gasteiger partial charge in [-0.3, -0.25) is 4.98 Å². The minimum atomic E-state index is -4.44. The molecular weight excluding hydrogens is 272 g/mol. The lowest BCUT2D eigenvalue weighted by molar-refractivity contribution is -0.137. The quantitative estimate of drug-likeness (QED) is 0.844. The summed E-state index contributed by atoms with van der Waals surface area (Å²) in [5.74, 6) is -0.528. The molecule has 0 amide bonds. The Bertz CT molecular complexity index is 596. The van der Waals surface area contributed by atoms with Crippen LogP contribution in [0.5, 0.6) is 0 Å². The number of hydrogen-bond donors (Lipinski definition) is 1. The Morgan fingerprint density at radius 3 is 2.50 bits per heavy atom. The van der Waals surface area contributed by atoms with Crippen LogP contribution in [0.4, 0.5) is 23.2 Å². The Kier molecular flexibility index (Phi) is 3.92. The smallest absolute Gasteiger partial charge is 0.378 e. The van der Waals surface area contributed by atoms with Crippen molar-refractivity contribution in [3.8, 4) is 0 Å². The summed E-state index contributed by atoms with van der Waals surface area (Å²) >= 11 is 0. The lowest BCUT2D eigenvalue weighted by Crippen LogP contribution is -2.13. The minimum absolute atomic E-state index is 0.0447. The number of para-hydroxylation sites is 1. The van der Waals surface area contributed by atoms with Gasteiger partial charge in [0.25, 0.3) is 0 Å². The van der Waals surface area contributed by atoms with Crippen LogP contribution in [0.25, 0.3) is 0 Å². The predicted molar refractivity (Wildman–Crippen MR) is 67.7 cm³/mol. The number of hydrogen-bond acceptors (Lipinski definition) is 2. The van der Waals surface area contributed by atoms with Gasteiger partial charge in [-0.2, -0.15) is 13.2 Å². The maximum absolute atomic E-state index is 13.1. The lowest BCUT2D eigenvalue weighted by atomic mass is 10.1. The van der Waals surface area contributed by atoms with Gasteiger partial charge in [-0.05, 0) is 30.7 Å². The van der Waals surface area contributed by atoms with Crippen LogP contribution in [-0.4, -0.2) is 4.98 Å². The fourth-order valence-corrected chi connectivity index (χ4v) is 1.84. The van der Waals surface area contributed by atoms with Crippen LogP contribution in [0.1, 0.15) is 24.1 Å². The summed E-state index contributed by atoms with van der Waals surface area (Å²) in [6.45, 7) is 1.64. The molecule has 1 aromatic heterocycles. The fourth-order valence-electron chi connectivity index (χ4n) is 1.84. The van der Waals surface area contributed by atoms with Crippen LogP contribution >= 0.6 is 0 Å². The molecule has 0 aliphatic carbocycles. The maximum atomic E-state index is 13.1. The highest BCUT2D eigenvalue weighted by molar-refractivity contribution is 5.53. The molecule has 0 spiro atoms.